The smallest absolute Gasteiger partial charge is 0.145 e. The minimum absolute atomic E-state index is 0.0981. The fourth-order valence-corrected chi connectivity index (χ4v) is 2.00. The number of hydrogen-bond donors (Lipinski definition) is 2. The summed E-state index contributed by atoms with van der Waals surface area (Å²) < 4.78 is 7.41. The van der Waals surface area contributed by atoms with Crippen molar-refractivity contribution in [1.82, 2.24) is 9.78 Å². The van der Waals surface area contributed by atoms with Crippen LogP contribution in [0.25, 0.3) is 0 Å². The van der Waals surface area contributed by atoms with Crippen LogP contribution in [0, 0.1) is 0 Å². The molecule has 0 radical (unpaired) electrons. The predicted octanol–water partition coefficient (Wildman–Crippen LogP) is 1.04. The van der Waals surface area contributed by atoms with Gasteiger partial charge in [0.1, 0.15) is 11.9 Å². The summed E-state index contributed by atoms with van der Waals surface area (Å²) in [5, 5.41) is 13.8. The van der Waals surface area contributed by atoms with Crippen LogP contribution in [0.4, 0.5) is 5.82 Å². The standard InChI is InChI=1S/C11H19N3O2/c1-11(2,3)14-8(5-10(12)13-14)9-4-7(15)6-16-9/h5,7,9,15H,4,6H2,1-3H3,(H2,12,13). The van der Waals surface area contributed by atoms with Gasteiger partial charge in [-0.3, -0.25) is 4.68 Å². The first kappa shape index (κ1) is 11.4. The van der Waals surface area contributed by atoms with Gasteiger partial charge in [-0.1, -0.05) is 0 Å². The lowest BCUT2D eigenvalue weighted by molar-refractivity contribution is 0.0814. The van der Waals surface area contributed by atoms with Crippen LogP contribution in [0.5, 0.6) is 0 Å². The van der Waals surface area contributed by atoms with Crippen LogP contribution in [-0.2, 0) is 10.3 Å². The van der Waals surface area contributed by atoms with Crippen LogP contribution in [-0.4, -0.2) is 27.6 Å². The Labute approximate surface area is 95.2 Å². The molecule has 16 heavy (non-hydrogen) atoms. The molecule has 2 atom stereocenters. The average Bonchev–Trinajstić information content (AvgIpc) is 2.70. The zero-order chi connectivity index (χ0) is 11.9. The molecule has 1 aliphatic rings. The highest BCUT2D eigenvalue weighted by molar-refractivity contribution is 5.31. The van der Waals surface area contributed by atoms with Crippen molar-refractivity contribution in [2.45, 2.75) is 44.9 Å². The topological polar surface area (TPSA) is 73.3 Å². The summed E-state index contributed by atoms with van der Waals surface area (Å²) >= 11 is 0. The number of nitrogen functional groups attached to an aromatic ring is 1. The van der Waals surface area contributed by atoms with Crippen LogP contribution in [0.15, 0.2) is 6.07 Å². The van der Waals surface area contributed by atoms with E-state index in [1.807, 2.05) is 10.7 Å². The zero-order valence-corrected chi connectivity index (χ0v) is 9.97. The van der Waals surface area contributed by atoms with Gasteiger partial charge < -0.3 is 15.6 Å². The van der Waals surface area contributed by atoms with E-state index in [-0.39, 0.29) is 17.7 Å². The Morgan fingerprint density at radius 1 is 1.56 bits per heavy atom. The lowest BCUT2D eigenvalue weighted by Crippen LogP contribution is -2.26. The Balaban J connectivity index is 2.33. The van der Waals surface area contributed by atoms with Crippen molar-refractivity contribution < 1.29 is 9.84 Å². The van der Waals surface area contributed by atoms with Gasteiger partial charge >= 0.3 is 0 Å². The van der Waals surface area contributed by atoms with Crippen LogP contribution in [0.2, 0.25) is 0 Å². The normalized spacial score (nSPS) is 26.2. The number of anilines is 1. The van der Waals surface area contributed by atoms with Gasteiger partial charge in [-0.15, -0.1) is 0 Å². The third-order valence-electron chi connectivity index (χ3n) is 2.70. The molecule has 2 heterocycles. The molecule has 0 spiro atoms. The van der Waals surface area contributed by atoms with Crippen molar-refractivity contribution in [1.29, 1.82) is 0 Å². The number of aliphatic hydroxyl groups excluding tert-OH is 1. The Hall–Kier alpha value is -1.07. The number of rotatable bonds is 1. The maximum absolute atomic E-state index is 9.48. The first-order valence-corrected chi connectivity index (χ1v) is 5.53. The van der Waals surface area contributed by atoms with Crippen LogP contribution in [0.1, 0.15) is 39.0 Å². The van der Waals surface area contributed by atoms with Crippen LogP contribution < -0.4 is 5.73 Å². The lowest BCUT2D eigenvalue weighted by Gasteiger charge is -2.24. The lowest BCUT2D eigenvalue weighted by atomic mass is 10.1. The van der Waals surface area contributed by atoms with Crippen molar-refractivity contribution in [3.63, 3.8) is 0 Å². The largest absolute Gasteiger partial charge is 0.391 e. The molecule has 0 amide bonds. The highest BCUT2D eigenvalue weighted by Crippen LogP contribution is 2.32. The van der Waals surface area contributed by atoms with Gasteiger partial charge in [0.05, 0.1) is 23.9 Å². The molecule has 90 valence electrons. The van der Waals surface area contributed by atoms with E-state index in [0.29, 0.717) is 18.8 Å². The second kappa shape index (κ2) is 3.75. The second-order valence-electron chi connectivity index (χ2n) is 5.29. The first-order valence-electron chi connectivity index (χ1n) is 5.53. The zero-order valence-electron chi connectivity index (χ0n) is 9.97. The molecule has 1 aromatic rings. The number of hydrogen-bond acceptors (Lipinski definition) is 4. The summed E-state index contributed by atoms with van der Waals surface area (Å²) in [4.78, 5) is 0. The van der Waals surface area contributed by atoms with Gasteiger partial charge in [0.2, 0.25) is 0 Å². The first-order chi connectivity index (χ1) is 7.38. The number of aromatic nitrogens is 2. The third kappa shape index (κ3) is 2.05. The van der Waals surface area contributed by atoms with Gasteiger partial charge in [-0.05, 0) is 20.8 Å². The highest BCUT2D eigenvalue weighted by Gasteiger charge is 2.31. The van der Waals surface area contributed by atoms with E-state index in [0.717, 1.165) is 5.69 Å². The van der Waals surface area contributed by atoms with Crippen molar-refractivity contribution in [2.24, 2.45) is 0 Å². The number of nitrogens with zero attached hydrogens (tertiary/aromatic N) is 2. The summed E-state index contributed by atoms with van der Waals surface area (Å²) in [6.07, 6.45) is 0.134. The third-order valence-corrected chi connectivity index (χ3v) is 2.70. The maximum atomic E-state index is 9.48. The minimum Gasteiger partial charge on any atom is -0.391 e. The predicted molar refractivity (Wildman–Crippen MR) is 61.0 cm³/mol. The van der Waals surface area contributed by atoms with E-state index in [1.165, 1.54) is 0 Å². The maximum Gasteiger partial charge on any atom is 0.145 e. The number of nitrogens with two attached hydrogens (primary N) is 1. The highest BCUT2D eigenvalue weighted by atomic mass is 16.5. The van der Waals surface area contributed by atoms with Crippen LogP contribution >= 0.6 is 0 Å². The summed E-state index contributed by atoms with van der Waals surface area (Å²) in [6.45, 7) is 6.58. The molecule has 0 saturated carbocycles. The SMILES string of the molecule is CC(C)(C)n1nc(N)cc1C1CC(O)CO1. The van der Waals surface area contributed by atoms with Crippen molar-refractivity contribution in [3.8, 4) is 0 Å². The van der Waals surface area contributed by atoms with Crippen molar-refractivity contribution >= 4 is 5.82 Å². The second-order valence-corrected chi connectivity index (χ2v) is 5.29. The minimum atomic E-state index is -0.380. The molecule has 2 rings (SSSR count). The van der Waals surface area contributed by atoms with E-state index in [4.69, 9.17) is 10.5 Å². The summed E-state index contributed by atoms with van der Waals surface area (Å²) in [7, 11) is 0. The fraction of sp³-hybridized carbons (Fsp3) is 0.727. The van der Waals surface area contributed by atoms with Gasteiger partial charge in [-0.2, -0.15) is 5.10 Å². The Kier molecular flexibility index (Phi) is 2.67. The average molecular weight is 225 g/mol. The monoisotopic (exact) mass is 225 g/mol. The Bertz CT molecular complexity index is 381. The van der Waals surface area contributed by atoms with Gasteiger partial charge in [0.15, 0.2) is 0 Å². The molecule has 1 aliphatic heterocycles. The molecule has 0 aliphatic carbocycles. The van der Waals surface area contributed by atoms with E-state index in [9.17, 15) is 5.11 Å². The Morgan fingerprint density at radius 3 is 2.75 bits per heavy atom. The van der Waals surface area contributed by atoms with Gasteiger partial charge in [-0.25, -0.2) is 0 Å². The number of aliphatic hydroxyl groups is 1. The molecule has 0 aromatic carbocycles. The molecule has 5 heteroatoms. The molecule has 1 fully saturated rings. The van der Waals surface area contributed by atoms with Gasteiger partial charge in [0, 0.05) is 12.5 Å². The molecule has 1 aromatic heterocycles. The van der Waals surface area contributed by atoms with Gasteiger partial charge in [0.25, 0.3) is 0 Å². The summed E-state index contributed by atoms with van der Waals surface area (Å²) in [6, 6.07) is 1.83. The van der Waals surface area contributed by atoms with Crippen molar-refractivity contribution in [2.75, 3.05) is 12.3 Å². The molecular formula is C11H19N3O2. The fourth-order valence-electron chi connectivity index (χ4n) is 2.00. The summed E-state index contributed by atoms with van der Waals surface area (Å²) in [5.41, 5.74) is 6.54. The molecule has 2 unspecified atom stereocenters. The van der Waals surface area contributed by atoms with Crippen molar-refractivity contribution in [3.05, 3.63) is 11.8 Å². The Morgan fingerprint density at radius 2 is 2.25 bits per heavy atom. The molecule has 0 bridgehead atoms. The van der Waals surface area contributed by atoms with E-state index in [1.54, 1.807) is 0 Å². The number of ether oxygens (including phenoxy) is 1. The van der Waals surface area contributed by atoms with E-state index >= 15 is 0 Å². The molecule has 3 N–H and O–H groups in total. The van der Waals surface area contributed by atoms with E-state index < -0.39 is 0 Å². The van der Waals surface area contributed by atoms with Crippen LogP contribution in [0.3, 0.4) is 0 Å². The van der Waals surface area contributed by atoms with E-state index in [2.05, 4.69) is 25.9 Å². The molecule has 1 saturated heterocycles. The molecule has 5 nitrogen and oxygen atoms in total. The summed E-state index contributed by atoms with van der Waals surface area (Å²) in [5.74, 6) is 0.495. The molecular weight excluding hydrogens is 206 g/mol. The quantitative estimate of drug-likeness (QED) is 0.749.